The molecule has 0 fully saturated rings. The van der Waals surface area contributed by atoms with Crippen LogP contribution in [0.5, 0.6) is 0 Å². The van der Waals surface area contributed by atoms with Gasteiger partial charge in [0.25, 0.3) is 5.69 Å². The first-order chi connectivity index (χ1) is 11.1. The Hall–Kier alpha value is -2.04. The number of nitro benzene ring substituents is 1. The van der Waals surface area contributed by atoms with Crippen LogP contribution in [0.3, 0.4) is 0 Å². The second-order valence-electron chi connectivity index (χ2n) is 5.65. The SMILES string of the molecule is CC(C)c1nc(C(C)Nc2cc([N+](=O)[O-])cc(S(N)(=O)=O)c2)cs1. The lowest BCUT2D eigenvalue weighted by atomic mass is 10.2. The molecule has 0 bridgehead atoms. The molecule has 10 heteroatoms. The molecule has 2 aromatic rings. The Labute approximate surface area is 143 Å². The quantitative estimate of drug-likeness (QED) is 0.594. The number of nitro groups is 1. The van der Waals surface area contributed by atoms with Crippen LogP contribution in [-0.2, 0) is 10.0 Å². The highest BCUT2D eigenvalue weighted by molar-refractivity contribution is 7.89. The van der Waals surface area contributed by atoms with Gasteiger partial charge in [-0.05, 0) is 13.0 Å². The lowest BCUT2D eigenvalue weighted by Gasteiger charge is -2.14. The van der Waals surface area contributed by atoms with Crippen molar-refractivity contribution in [3.8, 4) is 0 Å². The Morgan fingerprint density at radius 3 is 2.46 bits per heavy atom. The van der Waals surface area contributed by atoms with E-state index in [1.165, 1.54) is 23.5 Å². The molecule has 1 heterocycles. The molecule has 1 atom stereocenters. The number of non-ortho nitro benzene ring substituents is 1. The second kappa shape index (κ2) is 6.83. The molecule has 8 nitrogen and oxygen atoms in total. The van der Waals surface area contributed by atoms with E-state index in [1.54, 1.807) is 0 Å². The molecule has 1 aromatic heterocycles. The summed E-state index contributed by atoms with van der Waals surface area (Å²) in [5, 5.41) is 22.0. The van der Waals surface area contributed by atoms with Crippen LogP contribution in [-0.4, -0.2) is 18.3 Å². The Kier molecular flexibility index (Phi) is 5.21. The standard InChI is InChI=1S/C14H18N4O4S2/c1-8(2)14-17-13(7-23-14)9(3)16-10-4-11(18(19)20)6-12(5-10)24(15,21)22/h4-9,16H,1-3H3,(H2,15,21,22). The Balaban J connectivity index is 2.33. The minimum Gasteiger partial charge on any atom is -0.377 e. The van der Waals surface area contributed by atoms with E-state index in [-0.39, 0.29) is 16.6 Å². The third kappa shape index (κ3) is 4.28. The summed E-state index contributed by atoms with van der Waals surface area (Å²) in [5.41, 5.74) is 0.726. The van der Waals surface area contributed by atoms with Gasteiger partial charge in [-0.1, -0.05) is 13.8 Å². The normalized spacial score (nSPS) is 13.0. The Bertz CT molecular complexity index is 861. The summed E-state index contributed by atoms with van der Waals surface area (Å²) in [6, 6.07) is 3.23. The van der Waals surface area contributed by atoms with E-state index in [4.69, 9.17) is 5.14 Å². The number of benzene rings is 1. The summed E-state index contributed by atoms with van der Waals surface area (Å²) in [6.45, 7) is 5.92. The molecule has 130 valence electrons. The van der Waals surface area contributed by atoms with Crippen molar-refractivity contribution in [2.45, 2.75) is 37.6 Å². The number of primary sulfonamides is 1. The maximum Gasteiger partial charge on any atom is 0.272 e. The number of nitrogens with one attached hydrogen (secondary N) is 1. The van der Waals surface area contributed by atoms with E-state index in [2.05, 4.69) is 10.3 Å². The lowest BCUT2D eigenvalue weighted by molar-refractivity contribution is -0.385. The minimum atomic E-state index is -4.05. The number of nitrogens with zero attached hydrogens (tertiary/aromatic N) is 2. The van der Waals surface area contributed by atoms with Crippen LogP contribution in [0, 0.1) is 10.1 Å². The van der Waals surface area contributed by atoms with Gasteiger partial charge in [-0.15, -0.1) is 11.3 Å². The van der Waals surface area contributed by atoms with Crippen LogP contribution >= 0.6 is 11.3 Å². The molecule has 1 unspecified atom stereocenters. The molecule has 0 aliphatic heterocycles. The average molecular weight is 370 g/mol. The van der Waals surface area contributed by atoms with Crippen molar-refractivity contribution in [1.82, 2.24) is 4.98 Å². The van der Waals surface area contributed by atoms with E-state index in [0.717, 1.165) is 16.8 Å². The smallest absolute Gasteiger partial charge is 0.272 e. The molecule has 3 N–H and O–H groups in total. The van der Waals surface area contributed by atoms with Gasteiger partial charge in [0, 0.05) is 29.1 Å². The number of hydrogen-bond acceptors (Lipinski definition) is 7. The van der Waals surface area contributed by atoms with Gasteiger partial charge in [0.1, 0.15) is 0 Å². The predicted octanol–water partition coefficient (Wildman–Crippen LogP) is 3.00. The predicted molar refractivity (Wildman–Crippen MR) is 92.7 cm³/mol. The number of rotatable bonds is 6. The molecule has 2 rings (SSSR count). The van der Waals surface area contributed by atoms with E-state index in [1.807, 2.05) is 26.2 Å². The monoisotopic (exact) mass is 370 g/mol. The van der Waals surface area contributed by atoms with E-state index in [0.29, 0.717) is 11.6 Å². The zero-order valence-electron chi connectivity index (χ0n) is 13.4. The zero-order chi connectivity index (χ0) is 18.1. The van der Waals surface area contributed by atoms with Crippen LogP contribution in [0.1, 0.15) is 43.4 Å². The van der Waals surface area contributed by atoms with E-state index in [9.17, 15) is 18.5 Å². The van der Waals surface area contributed by atoms with Gasteiger partial charge in [-0.2, -0.15) is 0 Å². The van der Waals surface area contributed by atoms with Gasteiger partial charge >= 0.3 is 0 Å². The van der Waals surface area contributed by atoms with E-state index < -0.39 is 14.9 Å². The van der Waals surface area contributed by atoms with Gasteiger partial charge in [-0.3, -0.25) is 10.1 Å². The fourth-order valence-corrected chi connectivity index (χ4v) is 3.53. The first kappa shape index (κ1) is 18.3. The molecule has 0 spiro atoms. The van der Waals surface area contributed by atoms with Gasteiger partial charge in [0.2, 0.25) is 10.0 Å². The van der Waals surface area contributed by atoms with Crippen LogP contribution in [0.15, 0.2) is 28.5 Å². The van der Waals surface area contributed by atoms with Crippen LogP contribution in [0.2, 0.25) is 0 Å². The number of anilines is 1. The molecule has 0 aliphatic rings. The van der Waals surface area contributed by atoms with Crippen molar-refractivity contribution in [3.63, 3.8) is 0 Å². The molecule has 0 aliphatic carbocycles. The molecule has 0 amide bonds. The van der Waals surface area contributed by atoms with Gasteiger partial charge < -0.3 is 5.32 Å². The molecule has 0 saturated carbocycles. The average Bonchev–Trinajstić information content (AvgIpc) is 2.96. The number of sulfonamides is 1. The van der Waals surface area contributed by atoms with Crippen molar-refractivity contribution < 1.29 is 13.3 Å². The first-order valence-electron chi connectivity index (χ1n) is 7.12. The maximum absolute atomic E-state index is 11.5. The van der Waals surface area contributed by atoms with Crippen molar-refractivity contribution in [1.29, 1.82) is 0 Å². The van der Waals surface area contributed by atoms with Crippen LogP contribution < -0.4 is 10.5 Å². The second-order valence-corrected chi connectivity index (χ2v) is 8.10. The van der Waals surface area contributed by atoms with E-state index >= 15 is 0 Å². The lowest BCUT2D eigenvalue weighted by Crippen LogP contribution is -2.14. The highest BCUT2D eigenvalue weighted by atomic mass is 32.2. The number of aromatic nitrogens is 1. The van der Waals surface area contributed by atoms with Crippen molar-refractivity contribution in [2.75, 3.05) is 5.32 Å². The Morgan fingerprint density at radius 1 is 1.29 bits per heavy atom. The molecule has 1 aromatic carbocycles. The summed E-state index contributed by atoms with van der Waals surface area (Å²) < 4.78 is 23.0. The van der Waals surface area contributed by atoms with Crippen LogP contribution in [0.4, 0.5) is 11.4 Å². The number of hydrogen-bond donors (Lipinski definition) is 2. The molecular weight excluding hydrogens is 352 g/mol. The largest absolute Gasteiger partial charge is 0.377 e. The van der Waals surface area contributed by atoms with Crippen molar-refractivity contribution in [2.24, 2.45) is 5.14 Å². The minimum absolute atomic E-state index is 0.246. The maximum atomic E-state index is 11.5. The summed E-state index contributed by atoms with van der Waals surface area (Å²) >= 11 is 1.54. The summed E-state index contributed by atoms with van der Waals surface area (Å²) in [5.74, 6) is 0.308. The molecular formula is C14H18N4O4S2. The zero-order valence-corrected chi connectivity index (χ0v) is 15.0. The topological polar surface area (TPSA) is 128 Å². The third-order valence-corrected chi connectivity index (χ3v) is 5.35. The fraction of sp³-hybridized carbons (Fsp3) is 0.357. The number of thiazole rings is 1. The number of nitrogens with two attached hydrogens (primary N) is 1. The highest BCUT2D eigenvalue weighted by Crippen LogP contribution is 2.28. The van der Waals surface area contributed by atoms with Crippen LogP contribution in [0.25, 0.3) is 0 Å². The summed E-state index contributed by atoms with van der Waals surface area (Å²) in [6.07, 6.45) is 0. The molecule has 0 radical (unpaired) electrons. The highest BCUT2D eigenvalue weighted by Gasteiger charge is 2.18. The first-order valence-corrected chi connectivity index (χ1v) is 9.54. The Morgan fingerprint density at radius 2 is 1.96 bits per heavy atom. The summed E-state index contributed by atoms with van der Waals surface area (Å²) in [7, 11) is -4.05. The summed E-state index contributed by atoms with van der Waals surface area (Å²) in [4.78, 5) is 14.5. The molecule has 24 heavy (non-hydrogen) atoms. The van der Waals surface area contributed by atoms with Gasteiger partial charge in [-0.25, -0.2) is 18.5 Å². The van der Waals surface area contributed by atoms with Gasteiger partial charge in [0.15, 0.2) is 0 Å². The van der Waals surface area contributed by atoms with Crippen molar-refractivity contribution >= 4 is 32.7 Å². The van der Waals surface area contributed by atoms with Crippen molar-refractivity contribution in [3.05, 3.63) is 44.4 Å². The third-order valence-electron chi connectivity index (χ3n) is 3.29. The fourth-order valence-electron chi connectivity index (χ4n) is 2.03. The van der Waals surface area contributed by atoms with Gasteiger partial charge in [0.05, 0.1) is 26.6 Å². The molecule has 0 saturated heterocycles.